The van der Waals surface area contributed by atoms with Crippen LogP contribution in [0.1, 0.15) is 34.1 Å². The molecule has 0 amide bonds. The van der Waals surface area contributed by atoms with E-state index in [1.165, 1.54) is 0 Å². The zero-order valence-corrected chi connectivity index (χ0v) is 8.49. The minimum atomic E-state index is 0.0434. The summed E-state index contributed by atoms with van der Waals surface area (Å²) in [5.74, 6) is 0. The molecule has 0 saturated carbocycles. The van der Waals surface area contributed by atoms with Crippen molar-refractivity contribution in [1.82, 2.24) is 5.32 Å². The second kappa shape index (κ2) is 3.40. The van der Waals surface area contributed by atoms with Crippen LogP contribution in [0.15, 0.2) is 12.7 Å². The average molecular weight is 155 g/mol. The molecule has 0 aromatic heterocycles. The summed E-state index contributed by atoms with van der Waals surface area (Å²) in [5, 5.41) is 3.30. The molecule has 1 N–H and O–H groups in total. The molecular formula is C10H21N. The van der Waals surface area contributed by atoms with Crippen LogP contribution < -0.4 is 5.32 Å². The van der Waals surface area contributed by atoms with Gasteiger partial charge in [-0.25, -0.2) is 0 Å². The molecule has 0 rings (SSSR count). The molecule has 0 fully saturated rings. The molecule has 0 bridgehead atoms. The molecule has 0 aromatic carbocycles. The Morgan fingerprint density at radius 1 is 1.36 bits per heavy atom. The van der Waals surface area contributed by atoms with E-state index in [2.05, 4.69) is 39.6 Å². The van der Waals surface area contributed by atoms with Crippen molar-refractivity contribution < 1.29 is 0 Å². The van der Waals surface area contributed by atoms with E-state index in [0.29, 0.717) is 0 Å². The maximum atomic E-state index is 3.86. The monoisotopic (exact) mass is 155 g/mol. The van der Waals surface area contributed by atoms with Crippen LogP contribution in [0.3, 0.4) is 0 Å². The van der Waals surface area contributed by atoms with Crippen molar-refractivity contribution in [2.45, 2.75) is 39.7 Å². The van der Waals surface area contributed by atoms with E-state index in [0.717, 1.165) is 6.42 Å². The summed E-state index contributed by atoms with van der Waals surface area (Å²) < 4.78 is 0. The zero-order chi connectivity index (χ0) is 9.12. The molecule has 0 aromatic rings. The first-order valence-electron chi connectivity index (χ1n) is 4.26. The molecule has 1 unspecified atom stereocenters. The first-order chi connectivity index (χ1) is 4.93. The van der Waals surface area contributed by atoms with Crippen LogP contribution in [0.2, 0.25) is 0 Å². The van der Waals surface area contributed by atoms with E-state index >= 15 is 0 Å². The second-order valence-corrected chi connectivity index (χ2v) is 3.89. The molecule has 66 valence electrons. The van der Waals surface area contributed by atoms with E-state index in [-0.39, 0.29) is 11.0 Å². The third-order valence-electron chi connectivity index (χ3n) is 3.22. The van der Waals surface area contributed by atoms with Crippen LogP contribution in [-0.2, 0) is 0 Å². The lowest BCUT2D eigenvalue weighted by Crippen LogP contribution is -2.50. The quantitative estimate of drug-likeness (QED) is 0.615. The zero-order valence-electron chi connectivity index (χ0n) is 8.49. The highest BCUT2D eigenvalue weighted by molar-refractivity contribution is 5.07. The van der Waals surface area contributed by atoms with E-state index in [4.69, 9.17) is 0 Å². The number of rotatable bonds is 4. The smallest absolute Gasteiger partial charge is 0.0382 e. The van der Waals surface area contributed by atoms with Gasteiger partial charge in [-0.3, -0.25) is 0 Å². The maximum Gasteiger partial charge on any atom is 0.0382 e. The standard InChI is InChI=1S/C10H21N/c1-7-9(3,4)10(5,8-2)11-6/h8,11H,2,7H2,1,3-6H3. The van der Waals surface area contributed by atoms with Gasteiger partial charge in [0.15, 0.2) is 0 Å². The van der Waals surface area contributed by atoms with Gasteiger partial charge in [-0.1, -0.05) is 26.8 Å². The van der Waals surface area contributed by atoms with Gasteiger partial charge in [0.2, 0.25) is 0 Å². The van der Waals surface area contributed by atoms with Crippen LogP contribution in [0.4, 0.5) is 0 Å². The van der Waals surface area contributed by atoms with Crippen molar-refractivity contribution in [3.63, 3.8) is 0 Å². The Labute approximate surface area is 70.9 Å². The summed E-state index contributed by atoms with van der Waals surface area (Å²) in [6.07, 6.45) is 3.15. The van der Waals surface area contributed by atoms with Crippen LogP contribution in [0, 0.1) is 5.41 Å². The molecule has 1 nitrogen and oxygen atoms in total. The Morgan fingerprint density at radius 2 is 1.82 bits per heavy atom. The molecule has 0 heterocycles. The fourth-order valence-electron chi connectivity index (χ4n) is 1.08. The summed E-state index contributed by atoms with van der Waals surface area (Å²) in [6, 6.07) is 0. The Morgan fingerprint density at radius 3 is 1.91 bits per heavy atom. The molecule has 0 aliphatic heterocycles. The van der Waals surface area contributed by atoms with E-state index < -0.39 is 0 Å². The first-order valence-corrected chi connectivity index (χ1v) is 4.26. The minimum absolute atomic E-state index is 0.0434. The Kier molecular flexibility index (Phi) is 3.30. The first kappa shape index (κ1) is 10.7. The topological polar surface area (TPSA) is 12.0 Å². The molecule has 0 aliphatic carbocycles. The maximum absolute atomic E-state index is 3.86. The summed E-state index contributed by atoms with van der Waals surface area (Å²) >= 11 is 0. The molecular weight excluding hydrogens is 134 g/mol. The van der Waals surface area contributed by atoms with Gasteiger partial charge < -0.3 is 5.32 Å². The Balaban J connectivity index is 4.60. The highest BCUT2D eigenvalue weighted by Gasteiger charge is 2.35. The normalized spacial score (nSPS) is 17.5. The lowest BCUT2D eigenvalue weighted by Gasteiger charge is -2.41. The molecule has 1 heteroatoms. The van der Waals surface area contributed by atoms with Crippen LogP contribution in [0.5, 0.6) is 0 Å². The van der Waals surface area contributed by atoms with E-state index in [9.17, 15) is 0 Å². The lowest BCUT2D eigenvalue weighted by molar-refractivity contribution is 0.188. The SMILES string of the molecule is C=CC(C)(NC)C(C)(C)CC. The van der Waals surface area contributed by atoms with E-state index in [1.54, 1.807) is 0 Å². The third kappa shape index (κ3) is 1.84. The van der Waals surface area contributed by atoms with Crippen molar-refractivity contribution in [3.05, 3.63) is 12.7 Å². The van der Waals surface area contributed by atoms with Gasteiger partial charge in [0.05, 0.1) is 0 Å². The molecule has 0 radical (unpaired) electrons. The van der Waals surface area contributed by atoms with Crippen LogP contribution >= 0.6 is 0 Å². The summed E-state index contributed by atoms with van der Waals surface area (Å²) in [6.45, 7) is 12.8. The minimum Gasteiger partial charge on any atom is -0.311 e. The highest BCUT2D eigenvalue weighted by atomic mass is 14.9. The van der Waals surface area contributed by atoms with Gasteiger partial charge in [0, 0.05) is 5.54 Å². The predicted octanol–water partition coefficient (Wildman–Crippen LogP) is 2.59. The van der Waals surface area contributed by atoms with Crippen LogP contribution in [0.25, 0.3) is 0 Å². The van der Waals surface area contributed by atoms with Gasteiger partial charge in [-0.05, 0) is 25.8 Å². The molecule has 0 aliphatic rings. The summed E-state index contributed by atoms with van der Waals surface area (Å²) in [5.41, 5.74) is 0.311. The van der Waals surface area contributed by atoms with Gasteiger partial charge in [-0.2, -0.15) is 0 Å². The number of hydrogen-bond donors (Lipinski definition) is 1. The van der Waals surface area contributed by atoms with Gasteiger partial charge in [0.25, 0.3) is 0 Å². The average Bonchev–Trinajstić information content (AvgIpc) is 2.02. The lowest BCUT2D eigenvalue weighted by atomic mass is 9.71. The molecule has 0 spiro atoms. The number of hydrogen-bond acceptors (Lipinski definition) is 1. The second-order valence-electron chi connectivity index (χ2n) is 3.89. The van der Waals surface area contributed by atoms with Crippen molar-refractivity contribution in [2.24, 2.45) is 5.41 Å². The summed E-state index contributed by atoms with van der Waals surface area (Å²) in [7, 11) is 1.99. The van der Waals surface area contributed by atoms with Crippen molar-refractivity contribution in [3.8, 4) is 0 Å². The number of nitrogens with one attached hydrogen (secondary N) is 1. The Bertz CT molecular complexity index is 138. The Hall–Kier alpha value is -0.300. The van der Waals surface area contributed by atoms with Gasteiger partial charge in [0.1, 0.15) is 0 Å². The fraction of sp³-hybridized carbons (Fsp3) is 0.800. The highest BCUT2D eigenvalue weighted by Crippen LogP contribution is 2.34. The molecule has 0 saturated heterocycles. The van der Waals surface area contributed by atoms with Gasteiger partial charge in [-0.15, -0.1) is 6.58 Å². The fourth-order valence-corrected chi connectivity index (χ4v) is 1.08. The van der Waals surface area contributed by atoms with Crippen LogP contribution in [-0.4, -0.2) is 12.6 Å². The van der Waals surface area contributed by atoms with Crippen molar-refractivity contribution in [2.75, 3.05) is 7.05 Å². The molecule has 1 atom stereocenters. The van der Waals surface area contributed by atoms with Gasteiger partial charge >= 0.3 is 0 Å². The van der Waals surface area contributed by atoms with Crippen molar-refractivity contribution >= 4 is 0 Å². The largest absolute Gasteiger partial charge is 0.311 e. The summed E-state index contributed by atoms with van der Waals surface area (Å²) in [4.78, 5) is 0. The third-order valence-corrected chi connectivity index (χ3v) is 3.22. The predicted molar refractivity (Wildman–Crippen MR) is 51.7 cm³/mol. The van der Waals surface area contributed by atoms with E-state index in [1.807, 2.05) is 13.1 Å². The number of likely N-dealkylation sites (N-methyl/N-ethyl adjacent to an activating group) is 1. The molecule has 11 heavy (non-hydrogen) atoms. The van der Waals surface area contributed by atoms with Crippen molar-refractivity contribution in [1.29, 1.82) is 0 Å².